The zero-order valence-corrected chi connectivity index (χ0v) is 11.7. The van der Waals surface area contributed by atoms with E-state index in [-0.39, 0.29) is 0 Å². The fourth-order valence-corrected chi connectivity index (χ4v) is 3.20. The van der Waals surface area contributed by atoms with Gasteiger partial charge in [-0.05, 0) is 35.1 Å². The molecule has 1 atom stereocenters. The van der Waals surface area contributed by atoms with E-state index in [1.165, 1.54) is 14.2 Å². The van der Waals surface area contributed by atoms with Gasteiger partial charge in [-0.2, -0.15) is 5.10 Å². The van der Waals surface area contributed by atoms with E-state index < -0.39 is 0 Å². The van der Waals surface area contributed by atoms with Crippen LogP contribution >= 0.6 is 27.3 Å². The number of aromatic nitrogens is 2. The standard InChI is InChI=1S/C11H14BrN3S/c1-13-10(8-6-14-15(2)7-8)5-9-3-4-11(12)16-9/h3-4,6-7,10,13H,5H2,1-2H3. The maximum Gasteiger partial charge on any atom is 0.0701 e. The number of aryl methyl sites for hydroxylation is 1. The molecule has 0 spiro atoms. The number of halogens is 1. The third-order valence-corrected chi connectivity index (χ3v) is 4.16. The molecule has 0 aromatic carbocycles. The molecule has 16 heavy (non-hydrogen) atoms. The van der Waals surface area contributed by atoms with E-state index in [4.69, 9.17) is 0 Å². The third-order valence-electron chi connectivity index (χ3n) is 2.51. The van der Waals surface area contributed by atoms with Crippen LogP contribution in [0.3, 0.4) is 0 Å². The van der Waals surface area contributed by atoms with Crippen LogP contribution < -0.4 is 5.32 Å². The number of thiophene rings is 1. The van der Waals surface area contributed by atoms with E-state index in [9.17, 15) is 0 Å². The lowest BCUT2D eigenvalue weighted by molar-refractivity contribution is 0.596. The Kier molecular flexibility index (Phi) is 3.78. The van der Waals surface area contributed by atoms with Gasteiger partial charge < -0.3 is 5.32 Å². The molecule has 0 aliphatic rings. The average molecular weight is 300 g/mol. The first-order valence-electron chi connectivity index (χ1n) is 5.09. The summed E-state index contributed by atoms with van der Waals surface area (Å²) >= 11 is 5.27. The van der Waals surface area contributed by atoms with Gasteiger partial charge in [0.2, 0.25) is 0 Å². The lowest BCUT2D eigenvalue weighted by Crippen LogP contribution is -2.17. The van der Waals surface area contributed by atoms with E-state index in [1.807, 2.05) is 25.0 Å². The van der Waals surface area contributed by atoms with E-state index in [0.29, 0.717) is 6.04 Å². The van der Waals surface area contributed by atoms with Crippen molar-refractivity contribution in [3.63, 3.8) is 0 Å². The molecule has 0 radical (unpaired) electrons. The van der Waals surface area contributed by atoms with Gasteiger partial charge >= 0.3 is 0 Å². The lowest BCUT2D eigenvalue weighted by Gasteiger charge is -2.12. The molecule has 0 saturated heterocycles. The number of hydrogen-bond acceptors (Lipinski definition) is 3. The maximum absolute atomic E-state index is 4.20. The van der Waals surface area contributed by atoms with Crippen molar-refractivity contribution in [1.29, 1.82) is 0 Å². The van der Waals surface area contributed by atoms with Crippen LogP contribution in [-0.2, 0) is 13.5 Å². The molecule has 0 fully saturated rings. The molecule has 1 unspecified atom stereocenters. The van der Waals surface area contributed by atoms with Crippen molar-refractivity contribution in [2.24, 2.45) is 7.05 Å². The van der Waals surface area contributed by atoms with E-state index in [1.54, 1.807) is 11.3 Å². The molecule has 1 N–H and O–H groups in total. The summed E-state index contributed by atoms with van der Waals surface area (Å²) in [6.45, 7) is 0. The van der Waals surface area contributed by atoms with Gasteiger partial charge in [0.25, 0.3) is 0 Å². The van der Waals surface area contributed by atoms with Crippen LogP contribution in [0.25, 0.3) is 0 Å². The monoisotopic (exact) mass is 299 g/mol. The Morgan fingerprint density at radius 2 is 2.38 bits per heavy atom. The smallest absolute Gasteiger partial charge is 0.0701 e. The highest BCUT2D eigenvalue weighted by molar-refractivity contribution is 9.11. The second-order valence-corrected chi connectivity index (χ2v) is 6.25. The Morgan fingerprint density at radius 3 is 2.88 bits per heavy atom. The van der Waals surface area contributed by atoms with E-state index in [0.717, 1.165) is 6.42 Å². The number of rotatable bonds is 4. The summed E-state index contributed by atoms with van der Waals surface area (Å²) in [5.41, 5.74) is 1.23. The number of likely N-dealkylation sites (N-methyl/N-ethyl adjacent to an activating group) is 1. The Balaban J connectivity index is 2.12. The first kappa shape index (κ1) is 11.8. The van der Waals surface area contributed by atoms with Crippen molar-refractivity contribution < 1.29 is 0 Å². The quantitative estimate of drug-likeness (QED) is 0.941. The molecule has 0 amide bonds. The summed E-state index contributed by atoms with van der Waals surface area (Å²) in [6, 6.07) is 4.59. The molecular weight excluding hydrogens is 286 g/mol. The first-order chi connectivity index (χ1) is 7.69. The van der Waals surface area contributed by atoms with Crippen LogP contribution in [0.15, 0.2) is 28.3 Å². The topological polar surface area (TPSA) is 29.9 Å². The highest BCUT2D eigenvalue weighted by Crippen LogP contribution is 2.26. The highest BCUT2D eigenvalue weighted by atomic mass is 79.9. The zero-order chi connectivity index (χ0) is 11.5. The minimum absolute atomic E-state index is 0.333. The van der Waals surface area contributed by atoms with Gasteiger partial charge in [-0.15, -0.1) is 11.3 Å². The maximum atomic E-state index is 4.20. The van der Waals surface area contributed by atoms with Gasteiger partial charge in [-0.25, -0.2) is 0 Å². The van der Waals surface area contributed by atoms with Gasteiger partial charge in [-0.3, -0.25) is 4.68 Å². The largest absolute Gasteiger partial charge is 0.313 e. The van der Waals surface area contributed by atoms with Crippen molar-refractivity contribution in [3.8, 4) is 0 Å². The molecule has 2 aromatic rings. The van der Waals surface area contributed by atoms with Crippen molar-refractivity contribution >= 4 is 27.3 Å². The summed E-state index contributed by atoms with van der Waals surface area (Å²) < 4.78 is 3.02. The molecule has 5 heteroatoms. The van der Waals surface area contributed by atoms with Crippen LogP contribution in [-0.4, -0.2) is 16.8 Å². The van der Waals surface area contributed by atoms with E-state index >= 15 is 0 Å². The second kappa shape index (κ2) is 5.12. The summed E-state index contributed by atoms with van der Waals surface area (Å²) in [5, 5.41) is 7.53. The molecule has 2 rings (SSSR count). The van der Waals surface area contributed by atoms with Crippen LogP contribution in [0.4, 0.5) is 0 Å². The highest BCUT2D eigenvalue weighted by Gasteiger charge is 2.12. The van der Waals surface area contributed by atoms with Gasteiger partial charge in [0.05, 0.1) is 9.98 Å². The molecule has 0 aliphatic carbocycles. The first-order valence-corrected chi connectivity index (χ1v) is 6.70. The molecular formula is C11H14BrN3S. The summed E-state index contributed by atoms with van der Waals surface area (Å²) in [6.07, 6.45) is 4.98. The van der Waals surface area contributed by atoms with Gasteiger partial charge in [0.1, 0.15) is 0 Å². The SMILES string of the molecule is CNC(Cc1ccc(Br)s1)c1cnn(C)c1. The summed E-state index contributed by atoms with van der Waals surface area (Å²) in [5.74, 6) is 0. The number of nitrogens with one attached hydrogen (secondary N) is 1. The van der Waals surface area contributed by atoms with Crippen molar-refractivity contribution in [3.05, 3.63) is 38.8 Å². The van der Waals surface area contributed by atoms with E-state index in [2.05, 4.69) is 44.7 Å². The van der Waals surface area contributed by atoms with Crippen LogP contribution in [0.5, 0.6) is 0 Å². The summed E-state index contributed by atoms with van der Waals surface area (Å²) in [7, 11) is 3.93. The molecule has 0 aliphatic heterocycles. The van der Waals surface area contributed by atoms with Gasteiger partial charge in [0.15, 0.2) is 0 Å². The predicted octanol–water partition coefficient (Wildman–Crippen LogP) is 2.75. The summed E-state index contributed by atoms with van der Waals surface area (Å²) in [4.78, 5) is 1.37. The molecule has 2 aromatic heterocycles. The predicted molar refractivity (Wildman–Crippen MR) is 70.7 cm³/mol. The average Bonchev–Trinajstić information content (AvgIpc) is 2.84. The van der Waals surface area contributed by atoms with Crippen LogP contribution in [0.1, 0.15) is 16.5 Å². The van der Waals surface area contributed by atoms with Gasteiger partial charge in [0, 0.05) is 36.1 Å². The normalized spacial score (nSPS) is 12.9. The number of nitrogens with zero attached hydrogens (tertiary/aromatic N) is 2. The van der Waals surface area contributed by atoms with Crippen molar-refractivity contribution in [1.82, 2.24) is 15.1 Å². The van der Waals surface area contributed by atoms with Crippen LogP contribution in [0, 0.1) is 0 Å². The Hall–Kier alpha value is -0.650. The fraction of sp³-hybridized carbons (Fsp3) is 0.364. The Bertz CT molecular complexity index is 463. The number of hydrogen-bond donors (Lipinski definition) is 1. The minimum atomic E-state index is 0.333. The minimum Gasteiger partial charge on any atom is -0.313 e. The van der Waals surface area contributed by atoms with Crippen LogP contribution in [0.2, 0.25) is 0 Å². The molecule has 0 saturated carbocycles. The van der Waals surface area contributed by atoms with Gasteiger partial charge in [-0.1, -0.05) is 0 Å². The fourth-order valence-electron chi connectivity index (χ4n) is 1.67. The molecule has 3 nitrogen and oxygen atoms in total. The Morgan fingerprint density at radius 1 is 1.56 bits per heavy atom. The second-order valence-electron chi connectivity index (χ2n) is 3.70. The van der Waals surface area contributed by atoms with Crippen molar-refractivity contribution in [2.75, 3.05) is 7.05 Å². The lowest BCUT2D eigenvalue weighted by atomic mass is 10.1. The molecule has 86 valence electrons. The third kappa shape index (κ3) is 2.72. The van der Waals surface area contributed by atoms with Crippen molar-refractivity contribution in [2.45, 2.75) is 12.5 Å². The molecule has 2 heterocycles. The zero-order valence-electron chi connectivity index (χ0n) is 9.27. The Labute approximate surface area is 108 Å². The molecule has 0 bridgehead atoms.